The zero-order valence-electron chi connectivity index (χ0n) is 13.5. The largest absolute Gasteiger partial charge is 0.493 e. The number of nitrogens with one attached hydrogen (secondary N) is 1. The molecule has 0 bridgehead atoms. The molecule has 24 heavy (non-hydrogen) atoms. The van der Waals surface area contributed by atoms with Gasteiger partial charge in [-0.2, -0.15) is 0 Å². The van der Waals surface area contributed by atoms with Crippen molar-refractivity contribution >= 4 is 32.2 Å². The topological polar surface area (TPSA) is 94.6 Å². The van der Waals surface area contributed by atoms with Gasteiger partial charge in [0.25, 0.3) is 0 Å². The van der Waals surface area contributed by atoms with Crippen molar-refractivity contribution in [1.82, 2.24) is 4.98 Å². The predicted molar refractivity (Wildman–Crippen MR) is 91.7 cm³/mol. The Morgan fingerprint density at radius 3 is 2.54 bits per heavy atom. The molecule has 7 nitrogen and oxygen atoms in total. The van der Waals surface area contributed by atoms with Crippen molar-refractivity contribution in [1.29, 1.82) is 0 Å². The fraction of sp³-hybridized carbons (Fsp3) is 0.333. The number of sulfone groups is 1. The Bertz CT molecular complexity index is 830. The molecule has 0 saturated carbocycles. The van der Waals surface area contributed by atoms with Crippen molar-refractivity contribution in [3.63, 3.8) is 0 Å². The van der Waals surface area contributed by atoms with E-state index in [0.717, 1.165) is 5.69 Å². The van der Waals surface area contributed by atoms with E-state index in [4.69, 9.17) is 9.47 Å². The predicted octanol–water partition coefficient (Wildman–Crippen LogP) is 2.27. The first kappa shape index (κ1) is 18.2. The maximum atomic E-state index is 12.4. The third kappa shape index (κ3) is 4.45. The van der Waals surface area contributed by atoms with Crippen LogP contribution >= 0.6 is 11.3 Å². The summed E-state index contributed by atoms with van der Waals surface area (Å²) < 4.78 is 34.9. The van der Waals surface area contributed by atoms with Gasteiger partial charge in [-0.05, 0) is 19.1 Å². The summed E-state index contributed by atoms with van der Waals surface area (Å²) in [5.74, 6) is 0.0570. The highest BCUT2D eigenvalue weighted by atomic mass is 32.2. The second kappa shape index (κ2) is 7.63. The summed E-state index contributed by atoms with van der Waals surface area (Å²) in [5.41, 5.74) is 0.799. The maximum absolute atomic E-state index is 12.4. The van der Waals surface area contributed by atoms with Crippen molar-refractivity contribution in [3.05, 3.63) is 29.3 Å². The van der Waals surface area contributed by atoms with Gasteiger partial charge < -0.3 is 14.8 Å². The lowest BCUT2D eigenvalue weighted by Crippen LogP contribution is -2.17. The zero-order valence-corrected chi connectivity index (χ0v) is 15.2. The van der Waals surface area contributed by atoms with Gasteiger partial charge in [-0.1, -0.05) is 0 Å². The Kier molecular flexibility index (Phi) is 5.79. The van der Waals surface area contributed by atoms with Gasteiger partial charge >= 0.3 is 0 Å². The van der Waals surface area contributed by atoms with Crippen LogP contribution in [-0.2, 0) is 14.6 Å². The number of thiazole rings is 1. The quantitative estimate of drug-likeness (QED) is 0.803. The number of hydrogen-bond acceptors (Lipinski definition) is 7. The molecule has 2 aromatic rings. The molecule has 0 atom stereocenters. The smallest absolute Gasteiger partial charge is 0.227 e. The highest BCUT2D eigenvalue weighted by molar-refractivity contribution is 7.91. The van der Waals surface area contributed by atoms with Gasteiger partial charge in [0.2, 0.25) is 5.91 Å². The molecule has 1 heterocycles. The normalized spacial score (nSPS) is 11.1. The summed E-state index contributed by atoms with van der Waals surface area (Å²) >= 11 is 1.29. The van der Waals surface area contributed by atoms with E-state index in [1.54, 1.807) is 5.38 Å². The van der Waals surface area contributed by atoms with Crippen molar-refractivity contribution in [3.8, 4) is 11.5 Å². The molecule has 0 spiro atoms. The first-order valence-electron chi connectivity index (χ1n) is 7.02. The zero-order chi connectivity index (χ0) is 17.7. The molecule has 0 aliphatic rings. The summed E-state index contributed by atoms with van der Waals surface area (Å²) in [6.45, 7) is 1.81. The Hall–Kier alpha value is -2.13. The van der Waals surface area contributed by atoms with E-state index < -0.39 is 15.7 Å². The SMILES string of the molecule is COc1ccc(S(=O)(=O)CCC(=O)Nc2nc(C)cs2)cc1OC. The van der Waals surface area contributed by atoms with E-state index in [0.29, 0.717) is 16.6 Å². The summed E-state index contributed by atoms with van der Waals surface area (Å²) in [7, 11) is -0.716. The third-order valence-electron chi connectivity index (χ3n) is 3.18. The summed E-state index contributed by atoms with van der Waals surface area (Å²) in [6.07, 6.45) is -0.157. The Labute approximate surface area is 144 Å². The molecule has 0 unspecified atom stereocenters. The van der Waals surface area contributed by atoms with E-state index in [2.05, 4.69) is 10.3 Å². The maximum Gasteiger partial charge on any atom is 0.227 e. The van der Waals surface area contributed by atoms with Gasteiger partial charge in [0.05, 0.1) is 30.6 Å². The highest BCUT2D eigenvalue weighted by Crippen LogP contribution is 2.30. The molecule has 0 saturated heterocycles. The molecular formula is C15H18N2O5S2. The van der Waals surface area contributed by atoms with Crippen molar-refractivity contribution < 1.29 is 22.7 Å². The lowest BCUT2D eigenvalue weighted by molar-refractivity contribution is -0.115. The number of nitrogens with zero attached hydrogens (tertiary/aromatic N) is 1. The van der Waals surface area contributed by atoms with Crippen LogP contribution in [0.1, 0.15) is 12.1 Å². The number of ether oxygens (including phenoxy) is 2. The van der Waals surface area contributed by atoms with Gasteiger partial charge in [0.1, 0.15) is 0 Å². The van der Waals surface area contributed by atoms with Gasteiger partial charge in [0.15, 0.2) is 26.5 Å². The number of carbonyl (C=O) groups is 1. The number of benzene rings is 1. The standard InChI is InChI=1S/C15H18N2O5S2/c1-10-9-23-15(16-10)17-14(18)6-7-24(19,20)11-4-5-12(21-2)13(8-11)22-3/h4-5,8-9H,6-7H2,1-3H3,(H,16,17,18). The van der Waals surface area contributed by atoms with Crippen LogP contribution in [0.4, 0.5) is 5.13 Å². The second-order valence-corrected chi connectivity index (χ2v) is 7.90. The van der Waals surface area contributed by atoms with Gasteiger partial charge in [0, 0.05) is 17.9 Å². The minimum absolute atomic E-state index is 0.0815. The first-order valence-corrected chi connectivity index (χ1v) is 9.55. The summed E-state index contributed by atoms with van der Waals surface area (Å²) in [5, 5.41) is 4.85. The van der Waals surface area contributed by atoms with Crippen LogP contribution in [0.25, 0.3) is 0 Å². The number of aryl methyl sites for hydroxylation is 1. The molecule has 130 valence electrons. The number of carbonyl (C=O) groups excluding carboxylic acids is 1. The van der Waals surface area contributed by atoms with Crippen LogP contribution < -0.4 is 14.8 Å². The molecule has 0 fully saturated rings. The average molecular weight is 370 g/mol. The Morgan fingerprint density at radius 2 is 1.96 bits per heavy atom. The lowest BCUT2D eigenvalue weighted by Gasteiger charge is -2.10. The van der Waals surface area contributed by atoms with E-state index >= 15 is 0 Å². The van der Waals surface area contributed by atoms with Crippen molar-refractivity contribution in [2.45, 2.75) is 18.2 Å². The van der Waals surface area contributed by atoms with Crippen LogP contribution in [0.2, 0.25) is 0 Å². The Balaban J connectivity index is 2.04. The van der Waals surface area contributed by atoms with Gasteiger partial charge in [-0.3, -0.25) is 4.79 Å². The third-order valence-corrected chi connectivity index (χ3v) is 5.77. The fourth-order valence-electron chi connectivity index (χ4n) is 1.95. The number of rotatable bonds is 7. The molecule has 1 N–H and O–H groups in total. The monoisotopic (exact) mass is 370 g/mol. The second-order valence-electron chi connectivity index (χ2n) is 4.93. The lowest BCUT2D eigenvalue weighted by atomic mass is 10.3. The molecule has 2 rings (SSSR count). The molecule has 0 radical (unpaired) electrons. The van der Waals surface area contributed by atoms with E-state index in [9.17, 15) is 13.2 Å². The average Bonchev–Trinajstić information content (AvgIpc) is 2.97. The van der Waals surface area contributed by atoms with Crippen LogP contribution in [-0.4, -0.2) is 39.3 Å². The van der Waals surface area contributed by atoms with Gasteiger partial charge in [-0.15, -0.1) is 11.3 Å². The number of anilines is 1. The van der Waals surface area contributed by atoms with Crippen LogP contribution in [0.5, 0.6) is 11.5 Å². The minimum Gasteiger partial charge on any atom is -0.493 e. The first-order chi connectivity index (χ1) is 11.4. The molecule has 9 heteroatoms. The number of aromatic nitrogens is 1. The minimum atomic E-state index is -3.61. The van der Waals surface area contributed by atoms with E-state index in [1.165, 1.54) is 43.8 Å². The fourth-order valence-corrected chi connectivity index (χ4v) is 3.90. The van der Waals surface area contributed by atoms with Crippen LogP contribution in [0.15, 0.2) is 28.5 Å². The van der Waals surface area contributed by atoms with Crippen LogP contribution in [0.3, 0.4) is 0 Å². The van der Waals surface area contributed by atoms with Crippen molar-refractivity contribution in [2.75, 3.05) is 25.3 Å². The molecule has 0 aliphatic heterocycles. The molecular weight excluding hydrogens is 352 g/mol. The summed E-state index contributed by atoms with van der Waals surface area (Å²) in [4.78, 5) is 16.1. The van der Waals surface area contributed by atoms with E-state index in [-0.39, 0.29) is 17.1 Å². The molecule has 0 aliphatic carbocycles. The van der Waals surface area contributed by atoms with Crippen LogP contribution in [0, 0.1) is 6.92 Å². The molecule has 1 aromatic heterocycles. The molecule has 1 aromatic carbocycles. The summed E-state index contributed by atoms with van der Waals surface area (Å²) in [6, 6.07) is 4.33. The highest BCUT2D eigenvalue weighted by Gasteiger charge is 2.19. The molecule has 1 amide bonds. The number of hydrogen-bond donors (Lipinski definition) is 1. The number of amides is 1. The Morgan fingerprint density at radius 1 is 1.25 bits per heavy atom. The van der Waals surface area contributed by atoms with E-state index in [1.807, 2.05) is 6.92 Å². The van der Waals surface area contributed by atoms with Gasteiger partial charge in [-0.25, -0.2) is 13.4 Å². The number of methoxy groups -OCH3 is 2. The van der Waals surface area contributed by atoms with Crippen molar-refractivity contribution in [2.24, 2.45) is 0 Å².